The molecule has 0 aliphatic carbocycles. The Hall–Kier alpha value is -2.73. The van der Waals surface area contributed by atoms with Crippen LogP contribution in [-0.4, -0.2) is 15.9 Å². The van der Waals surface area contributed by atoms with Crippen molar-refractivity contribution in [1.82, 2.24) is 9.99 Å². The third-order valence-corrected chi connectivity index (χ3v) is 3.57. The van der Waals surface area contributed by atoms with Crippen LogP contribution in [0.15, 0.2) is 59.8 Å². The van der Waals surface area contributed by atoms with Gasteiger partial charge in [-0.15, -0.1) is 0 Å². The van der Waals surface area contributed by atoms with E-state index in [1.807, 2.05) is 41.1 Å². The highest BCUT2D eigenvalue weighted by atomic mass is 32.1. The van der Waals surface area contributed by atoms with Crippen molar-refractivity contribution in [3.8, 4) is 0 Å². The lowest BCUT2D eigenvalue weighted by Gasteiger charge is -2.07. The summed E-state index contributed by atoms with van der Waals surface area (Å²) in [5, 5.41) is 5.12. The molecule has 0 saturated carbocycles. The maximum atomic E-state index is 13.8. The zero-order valence-electron chi connectivity index (χ0n) is 12.2. The molecule has 1 aromatic heterocycles. The first-order valence-electron chi connectivity index (χ1n) is 7.04. The summed E-state index contributed by atoms with van der Waals surface area (Å²) < 4.78 is 15.8. The molecule has 3 N–H and O–H groups in total. The van der Waals surface area contributed by atoms with Gasteiger partial charge in [-0.3, -0.25) is 5.43 Å². The number of hydrogen-bond acceptors (Lipinski definition) is 2. The van der Waals surface area contributed by atoms with Crippen molar-refractivity contribution in [2.24, 2.45) is 10.8 Å². The van der Waals surface area contributed by atoms with Gasteiger partial charge in [-0.25, -0.2) is 4.39 Å². The molecule has 3 rings (SSSR count). The van der Waals surface area contributed by atoms with Crippen LogP contribution in [-0.2, 0) is 6.54 Å². The third-order valence-electron chi connectivity index (χ3n) is 3.48. The molecule has 0 amide bonds. The Morgan fingerprint density at radius 2 is 2.09 bits per heavy atom. The Morgan fingerprint density at radius 3 is 2.87 bits per heavy atom. The molecule has 23 heavy (non-hydrogen) atoms. The van der Waals surface area contributed by atoms with Gasteiger partial charge in [-0.1, -0.05) is 24.3 Å². The van der Waals surface area contributed by atoms with Crippen molar-refractivity contribution < 1.29 is 4.39 Å². The molecule has 0 radical (unpaired) electrons. The summed E-state index contributed by atoms with van der Waals surface area (Å²) in [5.41, 5.74) is 10.4. The lowest BCUT2D eigenvalue weighted by atomic mass is 10.1. The summed E-state index contributed by atoms with van der Waals surface area (Å²) in [6.07, 6.45) is 3.60. The normalized spacial score (nSPS) is 11.2. The summed E-state index contributed by atoms with van der Waals surface area (Å²) in [6, 6.07) is 14.7. The topological polar surface area (TPSA) is 55.3 Å². The van der Waals surface area contributed by atoms with Crippen molar-refractivity contribution in [1.29, 1.82) is 0 Å². The van der Waals surface area contributed by atoms with Crippen LogP contribution in [0.1, 0.15) is 11.1 Å². The Balaban J connectivity index is 1.86. The number of thiocarbonyl (C=S) groups is 1. The highest BCUT2D eigenvalue weighted by Gasteiger charge is 2.05. The number of rotatable bonds is 4. The van der Waals surface area contributed by atoms with E-state index in [2.05, 4.69) is 22.7 Å². The van der Waals surface area contributed by atoms with Gasteiger partial charge in [-0.05, 0) is 42.0 Å². The van der Waals surface area contributed by atoms with E-state index in [0.717, 1.165) is 16.5 Å². The number of nitrogens with two attached hydrogens (primary N) is 1. The number of hydrogen-bond donors (Lipinski definition) is 2. The molecule has 0 fully saturated rings. The van der Waals surface area contributed by atoms with Crippen LogP contribution in [0.4, 0.5) is 4.39 Å². The van der Waals surface area contributed by atoms with Gasteiger partial charge in [0.1, 0.15) is 5.82 Å². The van der Waals surface area contributed by atoms with Gasteiger partial charge in [0.15, 0.2) is 5.11 Å². The third kappa shape index (κ3) is 3.54. The fraction of sp³-hybridized carbons (Fsp3) is 0.0588. The monoisotopic (exact) mass is 326 g/mol. The number of halogens is 1. The first-order chi connectivity index (χ1) is 11.1. The predicted octanol–water partition coefficient (Wildman–Crippen LogP) is 3.00. The molecule has 0 saturated heterocycles. The van der Waals surface area contributed by atoms with Crippen LogP contribution < -0.4 is 11.2 Å². The number of nitrogens with one attached hydrogen (secondary N) is 1. The largest absolute Gasteiger partial charge is 0.375 e. The van der Waals surface area contributed by atoms with Gasteiger partial charge < -0.3 is 10.3 Å². The second kappa shape index (κ2) is 6.58. The van der Waals surface area contributed by atoms with Crippen LogP contribution in [0, 0.1) is 5.82 Å². The molecular formula is C17H15FN4S. The van der Waals surface area contributed by atoms with Crippen molar-refractivity contribution in [3.05, 3.63) is 71.7 Å². The Bertz CT molecular complexity index is 885. The molecule has 0 unspecified atom stereocenters. The zero-order valence-corrected chi connectivity index (χ0v) is 13.1. The van der Waals surface area contributed by atoms with Gasteiger partial charge in [0, 0.05) is 22.7 Å². The Morgan fingerprint density at radius 1 is 1.26 bits per heavy atom. The fourth-order valence-corrected chi connectivity index (χ4v) is 2.47. The van der Waals surface area contributed by atoms with E-state index in [9.17, 15) is 4.39 Å². The first-order valence-corrected chi connectivity index (χ1v) is 7.45. The Labute approximate surface area is 138 Å². The average molecular weight is 326 g/mol. The van der Waals surface area contributed by atoms with Gasteiger partial charge in [0.05, 0.1) is 12.8 Å². The summed E-state index contributed by atoms with van der Waals surface area (Å²) in [4.78, 5) is 0. The number of aromatic nitrogens is 1. The minimum atomic E-state index is -0.193. The number of benzene rings is 2. The van der Waals surface area contributed by atoms with Crippen LogP contribution in [0.3, 0.4) is 0 Å². The van der Waals surface area contributed by atoms with E-state index < -0.39 is 0 Å². The lowest BCUT2D eigenvalue weighted by molar-refractivity contribution is 0.602. The molecule has 4 nitrogen and oxygen atoms in total. The quantitative estimate of drug-likeness (QED) is 0.440. The van der Waals surface area contributed by atoms with Crippen molar-refractivity contribution in [2.45, 2.75) is 6.54 Å². The number of nitrogens with zero attached hydrogens (tertiary/aromatic N) is 2. The molecular weight excluding hydrogens is 311 g/mol. The molecule has 0 spiro atoms. The number of hydrazone groups is 1. The van der Waals surface area contributed by atoms with E-state index in [1.54, 1.807) is 18.3 Å². The van der Waals surface area contributed by atoms with E-state index in [-0.39, 0.29) is 10.9 Å². The Kier molecular flexibility index (Phi) is 4.34. The van der Waals surface area contributed by atoms with Crippen molar-refractivity contribution in [2.75, 3.05) is 0 Å². The van der Waals surface area contributed by atoms with Gasteiger partial charge in [-0.2, -0.15) is 5.10 Å². The standard InChI is InChI=1S/C17H15FN4S/c18-15-4-2-1-3-14(15)11-22-8-7-13-9-12(5-6-16(13)22)10-20-21-17(19)23/h1-10H,11H2,(H3,19,21,23). The predicted molar refractivity (Wildman–Crippen MR) is 95.0 cm³/mol. The molecule has 116 valence electrons. The molecule has 3 aromatic rings. The fourth-order valence-electron chi connectivity index (χ4n) is 2.42. The summed E-state index contributed by atoms with van der Waals surface area (Å²) in [5.74, 6) is -0.193. The van der Waals surface area contributed by atoms with E-state index >= 15 is 0 Å². The highest BCUT2D eigenvalue weighted by molar-refractivity contribution is 7.80. The molecule has 6 heteroatoms. The maximum absolute atomic E-state index is 13.8. The lowest BCUT2D eigenvalue weighted by Crippen LogP contribution is -2.23. The minimum Gasteiger partial charge on any atom is -0.375 e. The van der Waals surface area contributed by atoms with Crippen molar-refractivity contribution in [3.63, 3.8) is 0 Å². The summed E-state index contributed by atoms with van der Waals surface area (Å²) >= 11 is 4.68. The molecule has 0 aliphatic heterocycles. The summed E-state index contributed by atoms with van der Waals surface area (Å²) in [7, 11) is 0. The number of fused-ring (bicyclic) bond motifs is 1. The molecule has 0 bridgehead atoms. The van der Waals surface area contributed by atoms with E-state index in [0.29, 0.717) is 12.1 Å². The first kappa shape index (κ1) is 15.2. The van der Waals surface area contributed by atoms with Gasteiger partial charge in [0.2, 0.25) is 0 Å². The molecule has 0 atom stereocenters. The van der Waals surface area contributed by atoms with Crippen molar-refractivity contribution >= 4 is 34.4 Å². The molecule has 1 heterocycles. The molecule has 2 aromatic carbocycles. The molecule has 0 aliphatic rings. The second-order valence-electron chi connectivity index (χ2n) is 5.09. The zero-order chi connectivity index (χ0) is 16.2. The van der Waals surface area contributed by atoms with E-state index in [4.69, 9.17) is 5.73 Å². The average Bonchev–Trinajstić information content (AvgIpc) is 2.92. The van der Waals surface area contributed by atoms with Crippen LogP contribution >= 0.6 is 12.2 Å². The second-order valence-corrected chi connectivity index (χ2v) is 5.53. The highest BCUT2D eigenvalue weighted by Crippen LogP contribution is 2.19. The van der Waals surface area contributed by atoms with Crippen LogP contribution in [0.2, 0.25) is 0 Å². The SMILES string of the molecule is NC(=S)NN=Cc1ccc2c(ccn2Cc2ccccc2F)c1. The van der Waals surface area contributed by atoms with Gasteiger partial charge in [0.25, 0.3) is 0 Å². The smallest absolute Gasteiger partial charge is 0.184 e. The summed E-state index contributed by atoms with van der Waals surface area (Å²) in [6.45, 7) is 0.493. The van der Waals surface area contributed by atoms with E-state index in [1.165, 1.54) is 6.07 Å². The maximum Gasteiger partial charge on any atom is 0.184 e. The van der Waals surface area contributed by atoms with Gasteiger partial charge >= 0.3 is 0 Å². The van der Waals surface area contributed by atoms with Crippen LogP contribution in [0.5, 0.6) is 0 Å². The van der Waals surface area contributed by atoms with Crippen LogP contribution in [0.25, 0.3) is 10.9 Å². The minimum absolute atomic E-state index is 0.123.